The van der Waals surface area contributed by atoms with Gasteiger partial charge in [0, 0.05) is 12.2 Å². The van der Waals surface area contributed by atoms with Crippen LogP contribution in [-0.4, -0.2) is 27.7 Å². The number of imidazole rings is 1. The molecule has 0 aromatic carbocycles. The van der Waals surface area contributed by atoms with Gasteiger partial charge < -0.3 is 14.4 Å². The number of fused-ring (bicyclic) bond motifs is 1. The number of carbonyl (C=O) groups is 1. The smallest absolute Gasteiger partial charge is 0.319 e. The van der Waals surface area contributed by atoms with Crippen molar-refractivity contribution < 1.29 is 14.6 Å². The van der Waals surface area contributed by atoms with Crippen LogP contribution in [0.1, 0.15) is 42.9 Å². The molecule has 1 aliphatic carbocycles. The molecule has 5 heteroatoms. The van der Waals surface area contributed by atoms with Gasteiger partial charge in [-0.1, -0.05) is 0 Å². The Bertz CT molecular complexity index is 489. The number of aliphatic hydroxyl groups is 1. The number of hydrogen-bond donors (Lipinski definition) is 1. The molecule has 2 aliphatic rings. The molecule has 0 radical (unpaired) electrons. The maximum atomic E-state index is 11.9. The number of esters is 1. The van der Waals surface area contributed by atoms with Crippen LogP contribution in [0.4, 0.5) is 0 Å². The second kappa shape index (κ2) is 4.09. The van der Waals surface area contributed by atoms with Crippen molar-refractivity contribution in [2.24, 2.45) is 0 Å². The predicted octanol–water partition coefficient (Wildman–Crippen LogP) is 0.916. The number of aromatic nitrogens is 2. The topological polar surface area (TPSA) is 64.3 Å². The number of nitrogens with zero attached hydrogens (tertiary/aromatic N) is 2. The lowest BCUT2D eigenvalue weighted by atomic mass is 10.0. The molecule has 0 amide bonds. The SMILES string of the molecule is COC(=O)C1(c2nc(CO)c3n2CCCC3)CC1. The van der Waals surface area contributed by atoms with Crippen molar-refractivity contribution in [3.05, 3.63) is 17.2 Å². The molecule has 3 rings (SSSR count). The number of aliphatic hydroxyl groups excluding tert-OH is 1. The van der Waals surface area contributed by atoms with E-state index in [0.29, 0.717) is 0 Å². The molecule has 0 atom stereocenters. The van der Waals surface area contributed by atoms with Gasteiger partial charge in [0.2, 0.25) is 0 Å². The van der Waals surface area contributed by atoms with Crippen LogP contribution < -0.4 is 0 Å². The first-order chi connectivity index (χ1) is 8.73. The molecular weight excluding hydrogens is 232 g/mol. The van der Waals surface area contributed by atoms with E-state index < -0.39 is 5.41 Å². The summed E-state index contributed by atoms with van der Waals surface area (Å²) in [4.78, 5) is 16.5. The van der Waals surface area contributed by atoms with Gasteiger partial charge in [0.15, 0.2) is 0 Å². The van der Waals surface area contributed by atoms with Crippen LogP contribution in [0.5, 0.6) is 0 Å². The third kappa shape index (κ3) is 1.50. The molecule has 1 aromatic heterocycles. The lowest BCUT2D eigenvalue weighted by molar-refractivity contribution is -0.144. The Morgan fingerprint density at radius 2 is 2.28 bits per heavy atom. The summed E-state index contributed by atoms with van der Waals surface area (Å²) in [5.74, 6) is 0.624. The van der Waals surface area contributed by atoms with Gasteiger partial charge in [0.25, 0.3) is 0 Å². The van der Waals surface area contributed by atoms with Gasteiger partial charge in [0.1, 0.15) is 11.2 Å². The van der Waals surface area contributed by atoms with Crippen molar-refractivity contribution in [2.75, 3.05) is 7.11 Å². The van der Waals surface area contributed by atoms with Gasteiger partial charge in [-0.05, 0) is 32.1 Å². The lowest BCUT2D eigenvalue weighted by Crippen LogP contribution is -2.27. The van der Waals surface area contributed by atoms with E-state index in [-0.39, 0.29) is 12.6 Å². The van der Waals surface area contributed by atoms with E-state index >= 15 is 0 Å². The number of ether oxygens (including phenoxy) is 1. The first-order valence-electron chi connectivity index (χ1n) is 6.51. The van der Waals surface area contributed by atoms with Gasteiger partial charge in [-0.15, -0.1) is 0 Å². The zero-order valence-corrected chi connectivity index (χ0v) is 10.6. The van der Waals surface area contributed by atoms with E-state index in [2.05, 4.69) is 9.55 Å². The average molecular weight is 250 g/mol. The normalized spacial score (nSPS) is 20.3. The fraction of sp³-hybridized carbons (Fsp3) is 0.692. The molecule has 5 nitrogen and oxygen atoms in total. The molecule has 1 fully saturated rings. The monoisotopic (exact) mass is 250 g/mol. The van der Waals surface area contributed by atoms with E-state index in [1.54, 1.807) is 0 Å². The van der Waals surface area contributed by atoms with Crippen LogP contribution in [0.25, 0.3) is 0 Å². The summed E-state index contributed by atoms with van der Waals surface area (Å²) in [6.07, 6.45) is 4.80. The first-order valence-corrected chi connectivity index (χ1v) is 6.51. The molecular formula is C13H18N2O3. The average Bonchev–Trinajstić information content (AvgIpc) is 3.14. The number of rotatable bonds is 3. The molecule has 98 valence electrons. The second-order valence-electron chi connectivity index (χ2n) is 5.17. The highest BCUT2D eigenvalue weighted by atomic mass is 16.5. The first kappa shape index (κ1) is 11.7. The molecule has 2 heterocycles. The summed E-state index contributed by atoms with van der Waals surface area (Å²) in [5, 5.41) is 9.40. The van der Waals surface area contributed by atoms with Crippen molar-refractivity contribution in [1.29, 1.82) is 0 Å². The van der Waals surface area contributed by atoms with Crippen LogP contribution in [0.3, 0.4) is 0 Å². The maximum absolute atomic E-state index is 11.9. The van der Waals surface area contributed by atoms with Crippen molar-refractivity contribution in [2.45, 2.75) is 50.7 Å². The minimum atomic E-state index is -0.533. The quantitative estimate of drug-likeness (QED) is 0.810. The largest absolute Gasteiger partial charge is 0.468 e. The molecule has 1 aromatic rings. The van der Waals surface area contributed by atoms with Crippen molar-refractivity contribution >= 4 is 5.97 Å². The Labute approximate surface area is 106 Å². The summed E-state index contributed by atoms with van der Waals surface area (Å²) >= 11 is 0. The summed E-state index contributed by atoms with van der Waals surface area (Å²) in [6, 6.07) is 0. The fourth-order valence-corrected chi connectivity index (χ4v) is 2.95. The standard InChI is InChI=1S/C13H18N2O3/c1-18-12(17)13(5-6-13)11-14-9(8-16)10-4-2-3-7-15(10)11/h16H,2-8H2,1H3. The molecule has 18 heavy (non-hydrogen) atoms. The minimum absolute atomic E-state index is 0.0490. The van der Waals surface area contributed by atoms with Gasteiger partial charge >= 0.3 is 5.97 Å². The number of hydrogen-bond acceptors (Lipinski definition) is 4. The predicted molar refractivity (Wildman–Crippen MR) is 64.0 cm³/mol. The van der Waals surface area contributed by atoms with Gasteiger partial charge in [-0.2, -0.15) is 0 Å². The zero-order chi connectivity index (χ0) is 12.8. The molecule has 0 saturated heterocycles. The van der Waals surface area contributed by atoms with Crippen molar-refractivity contribution in [3.8, 4) is 0 Å². The Hall–Kier alpha value is -1.36. The number of methoxy groups -OCH3 is 1. The maximum Gasteiger partial charge on any atom is 0.319 e. The second-order valence-corrected chi connectivity index (χ2v) is 5.17. The van der Waals surface area contributed by atoms with Crippen LogP contribution >= 0.6 is 0 Å². The van der Waals surface area contributed by atoms with Crippen LogP contribution in [0, 0.1) is 0 Å². The van der Waals surface area contributed by atoms with E-state index in [9.17, 15) is 9.90 Å². The summed E-state index contributed by atoms with van der Waals surface area (Å²) in [5.41, 5.74) is 1.31. The highest BCUT2D eigenvalue weighted by molar-refractivity contribution is 5.85. The Balaban J connectivity index is 2.07. The van der Waals surface area contributed by atoms with Crippen LogP contribution in [0.15, 0.2) is 0 Å². The summed E-state index contributed by atoms with van der Waals surface area (Å²) in [6.45, 7) is 0.850. The van der Waals surface area contributed by atoms with E-state index in [4.69, 9.17) is 4.74 Å². The van der Waals surface area contributed by atoms with Crippen LogP contribution in [0.2, 0.25) is 0 Å². The van der Waals surface area contributed by atoms with Gasteiger partial charge in [-0.25, -0.2) is 4.98 Å². The highest BCUT2D eigenvalue weighted by Crippen LogP contribution is 2.49. The van der Waals surface area contributed by atoms with Crippen molar-refractivity contribution in [1.82, 2.24) is 9.55 Å². The molecule has 1 aliphatic heterocycles. The lowest BCUT2D eigenvalue weighted by Gasteiger charge is -2.20. The van der Waals surface area contributed by atoms with Gasteiger partial charge in [0.05, 0.1) is 19.4 Å². The van der Waals surface area contributed by atoms with E-state index in [1.165, 1.54) is 7.11 Å². The van der Waals surface area contributed by atoms with Crippen molar-refractivity contribution in [3.63, 3.8) is 0 Å². The third-order valence-corrected chi connectivity index (χ3v) is 4.10. The van der Waals surface area contributed by atoms with Gasteiger partial charge in [-0.3, -0.25) is 4.79 Å². The Morgan fingerprint density at radius 1 is 1.50 bits per heavy atom. The fourth-order valence-electron chi connectivity index (χ4n) is 2.95. The molecule has 0 bridgehead atoms. The summed E-state index contributed by atoms with van der Waals surface area (Å²) < 4.78 is 7.05. The Morgan fingerprint density at radius 3 is 2.89 bits per heavy atom. The summed E-state index contributed by atoms with van der Waals surface area (Å²) in [7, 11) is 1.43. The Kier molecular flexibility index (Phi) is 2.66. The molecule has 0 unspecified atom stereocenters. The molecule has 0 spiro atoms. The minimum Gasteiger partial charge on any atom is -0.468 e. The zero-order valence-electron chi connectivity index (χ0n) is 10.6. The third-order valence-electron chi connectivity index (χ3n) is 4.10. The van der Waals surface area contributed by atoms with E-state index in [1.807, 2.05) is 0 Å². The van der Waals surface area contributed by atoms with E-state index in [0.717, 1.165) is 55.9 Å². The highest BCUT2D eigenvalue weighted by Gasteiger charge is 2.56. The molecule has 1 saturated carbocycles. The van der Waals surface area contributed by atoms with Crippen LogP contribution in [-0.2, 0) is 34.5 Å². The number of carbonyl (C=O) groups excluding carboxylic acids is 1. The molecule has 1 N–H and O–H groups in total.